The maximum absolute atomic E-state index is 8.67. The average molecular weight is 168 g/mol. The highest BCUT2D eigenvalue weighted by Gasteiger charge is 2.55. The molecule has 0 aromatic heterocycles. The van der Waals surface area contributed by atoms with Gasteiger partial charge in [-0.2, -0.15) is 0 Å². The van der Waals surface area contributed by atoms with Gasteiger partial charge in [-0.25, -0.2) is 5.26 Å². The lowest BCUT2D eigenvalue weighted by Gasteiger charge is -2.57. The molecule has 0 radical (unpaired) electrons. The number of fused-ring (bicyclic) bond motifs is 1. The van der Waals surface area contributed by atoms with E-state index in [4.69, 9.17) is 5.26 Å². The predicted octanol–water partition coefficient (Wildman–Crippen LogP) is 2.67. The van der Waals surface area contributed by atoms with Crippen LogP contribution >= 0.6 is 0 Å². The van der Waals surface area contributed by atoms with E-state index in [0.717, 1.165) is 11.7 Å². The molecule has 3 atom stereocenters. The van der Waals surface area contributed by atoms with Gasteiger partial charge in [0.25, 0.3) is 0 Å². The van der Waals surface area contributed by atoms with E-state index >= 15 is 0 Å². The quantitative estimate of drug-likeness (QED) is 0.482. The zero-order valence-electron chi connectivity index (χ0n) is 7.87. The van der Waals surface area contributed by atoms with Gasteiger partial charge in [0.15, 0.2) is 0 Å². The first kappa shape index (κ1) is 8.11. The maximum atomic E-state index is 8.67. The summed E-state index contributed by atoms with van der Waals surface area (Å²) in [7, 11) is 0. The molecule has 3 rings (SSSR count). The Kier molecular flexibility index (Phi) is 1.52. The zero-order valence-corrected chi connectivity index (χ0v) is 7.87. The molecule has 68 valence electrons. The van der Waals surface area contributed by atoms with Crippen LogP contribution in [0.1, 0.15) is 27.2 Å². The maximum Gasteiger partial charge on any atom is 0.142 e. The third kappa shape index (κ3) is 0.789. The third-order valence-electron chi connectivity index (χ3n) is 3.85. The SMILES string of the molecule is CC1C=C(OO)C2CC1C2(C)C. The van der Waals surface area contributed by atoms with E-state index in [-0.39, 0.29) is 0 Å². The molecule has 3 unspecified atom stereocenters. The van der Waals surface area contributed by atoms with Crippen LogP contribution in [-0.2, 0) is 4.89 Å². The minimum absolute atomic E-state index is 0.326. The highest BCUT2D eigenvalue weighted by Crippen LogP contribution is 2.61. The smallest absolute Gasteiger partial charge is 0.142 e. The lowest BCUT2D eigenvalue weighted by molar-refractivity contribution is -0.236. The van der Waals surface area contributed by atoms with Gasteiger partial charge in [0.1, 0.15) is 5.76 Å². The molecule has 0 heterocycles. The van der Waals surface area contributed by atoms with E-state index < -0.39 is 0 Å². The topological polar surface area (TPSA) is 29.5 Å². The lowest BCUT2D eigenvalue weighted by Crippen LogP contribution is -2.51. The highest BCUT2D eigenvalue weighted by molar-refractivity contribution is 5.20. The van der Waals surface area contributed by atoms with Gasteiger partial charge >= 0.3 is 0 Å². The van der Waals surface area contributed by atoms with Gasteiger partial charge in [0.2, 0.25) is 0 Å². The Morgan fingerprint density at radius 1 is 1.58 bits per heavy atom. The summed E-state index contributed by atoms with van der Waals surface area (Å²) in [5.74, 6) is 2.56. The van der Waals surface area contributed by atoms with Crippen molar-refractivity contribution < 1.29 is 10.1 Å². The summed E-state index contributed by atoms with van der Waals surface area (Å²) in [6, 6.07) is 0. The Hall–Kier alpha value is -0.500. The average Bonchev–Trinajstić information content (AvgIpc) is 2.02. The second-order valence-corrected chi connectivity index (χ2v) is 4.74. The Bertz CT molecular complexity index is 230. The molecule has 0 spiro atoms. The van der Waals surface area contributed by atoms with E-state index in [1.54, 1.807) is 0 Å². The van der Waals surface area contributed by atoms with Gasteiger partial charge in [-0.1, -0.05) is 20.8 Å². The molecule has 0 aromatic carbocycles. The third-order valence-corrected chi connectivity index (χ3v) is 3.85. The normalized spacial score (nSPS) is 43.0. The van der Waals surface area contributed by atoms with Crippen molar-refractivity contribution in [1.29, 1.82) is 0 Å². The summed E-state index contributed by atoms with van der Waals surface area (Å²) in [5.41, 5.74) is 0.326. The van der Waals surface area contributed by atoms with Gasteiger partial charge in [-0.15, -0.1) is 0 Å². The number of hydrogen-bond donors (Lipinski definition) is 1. The van der Waals surface area contributed by atoms with Gasteiger partial charge in [0, 0.05) is 5.92 Å². The molecule has 2 bridgehead atoms. The van der Waals surface area contributed by atoms with Crippen molar-refractivity contribution in [3.8, 4) is 0 Å². The Morgan fingerprint density at radius 3 is 2.67 bits per heavy atom. The number of allylic oxidation sites excluding steroid dienone is 2. The number of rotatable bonds is 1. The predicted molar refractivity (Wildman–Crippen MR) is 46.3 cm³/mol. The van der Waals surface area contributed by atoms with Crippen LogP contribution in [0.5, 0.6) is 0 Å². The summed E-state index contributed by atoms with van der Waals surface area (Å²) >= 11 is 0. The highest BCUT2D eigenvalue weighted by atomic mass is 17.1. The van der Waals surface area contributed by atoms with Crippen LogP contribution < -0.4 is 0 Å². The molecular weight excluding hydrogens is 152 g/mol. The standard InChI is InChI=1S/C10H16O2/c1-6-4-9(12-11)8-5-7(6)10(8,2)3/h4,6-8,11H,5H2,1-3H3. The first-order valence-corrected chi connectivity index (χ1v) is 4.60. The van der Waals surface area contributed by atoms with E-state index in [1.807, 2.05) is 0 Å². The molecule has 3 aliphatic rings. The van der Waals surface area contributed by atoms with E-state index in [2.05, 4.69) is 31.7 Å². The fraction of sp³-hybridized carbons (Fsp3) is 0.800. The Labute approximate surface area is 73.2 Å². The first-order valence-electron chi connectivity index (χ1n) is 4.60. The van der Waals surface area contributed by atoms with E-state index in [1.165, 1.54) is 6.42 Å². The molecule has 12 heavy (non-hydrogen) atoms. The summed E-state index contributed by atoms with van der Waals surface area (Å²) in [4.78, 5) is 4.41. The molecule has 2 heteroatoms. The summed E-state index contributed by atoms with van der Waals surface area (Å²) in [6.45, 7) is 6.71. The van der Waals surface area contributed by atoms with Crippen molar-refractivity contribution in [2.75, 3.05) is 0 Å². The molecule has 0 saturated heterocycles. The Morgan fingerprint density at radius 2 is 2.25 bits per heavy atom. The largest absolute Gasteiger partial charge is 0.345 e. The molecule has 1 N–H and O–H groups in total. The van der Waals surface area contributed by atoms with Gasteiger partial charge < -0.3 is 4.89 Å². The molecule has 1 saturated carbocycles. The molecule has 1 fully saturated rings. The van der Waals surface area contributed by atoms with Crippen molar-refractivity contribution in [2.45, 2.75) is 27.2 Å². The monoisotopic (exact) mass is 168 g/mol. The zero-order chi connectivity index (χ0) is 8.93. The van der Waals surface area contributed by atoms with Crippen LogP contribution in [0.3, 0.4) is 0 Å². The molecule has 0 amide bonds. The van der Waals surface area contributed by atoms with Crippen molar-refractivity contribution >= 4 is 0 Å². The summed E-state index contributed by atoms with van der Waals surface area (Å²) in [5, 5.41) is 8.67. The van der Waals surface area contributed by atoms with E-state index in [0.29, 0.717) is 17.3 Å². The Balaban J connectivity index is 2.30. The van der Waals surface area contributed by atoms with Crippen LogP contribution in [0.4, 0.5) is 0 Å². The van der Waals surface area contributed by atoms with Gasteiger partial charge in [0.05, 0.1) is 0 Å². The van der Waals surface area contributed by atoms with Gasteiger partial charge in [-0.05, 0) is 29.7 Å². The van der Waals surface area contributed by atoms with Crippen LogP contribution in [0, 0.1) is 23.2 Å². The van der Waals surface area contributed by atoms with Crippen molar-refractivity contribution in [1.82, 2.24) is 0 Å². The first-order chi connectivity index (χ1) is 5.57. The molecular formula is C10H16O2. The summed E-state index contributed by atoms with van der Waals surface area (Å²) in [6.07, 6.45) is 3.24. The van der Waals surface area contributed by atoms with Crippen molar-refractivity contribution in [3.63, 3.8) is 0 Å². The fourth-order valence-corrected chi connectivity index (χ4v) is 2.92. The van der Waals surface area contributed by atoms with Crippen molar-refractivity contribution in [2.24, 2.45) is 23.2 Å². The number of hydrogen-bond acceptors (Lipinski definition) is 2. The fourth-order valence-electron chi connectivity index (χ4n) is 2.92. The van der Waals surface area contributed by atoms with Crippen LogP contribution in [0.15, 0.2) is 11.8 Å². The van der Waals surface area contributed by atoms with Crippen LogP contribution in [0.2, 0.25) is 0 Å². The lowest BCUT2D eigenvalue weighted by atomic mass is 9.48. The molecule has 3 aliphatic carbocycles. The van der Waals surface area contributed by atoms with Crippen molar-refractivity contribution in [3.05, 3.63) is 11.8 Å². The minimum atomic E-state index is 0.326. The molecule has 0 aromatic rings. The van der Waals surface area contributed by atoms with E-state index in [9.17, 15) is 0 Å². The second-order valence-electron chi connectivity index (χ2n) is 4.74. The molecule has 0 aliphatic heterocycles. The minimum Gasteiger partial charge on any atom is -0.345 e. The molecule has 2 nitrogen and oxygen atoms in total. The summed E-state index contributed by atoms with van der Waals surface area (Å²) < 4.78 is 0. The van der Waals surface area contributed by atoms with Crippen LogP contribution in [-0.4, -0.2) is 5.26 Å². The van der Waals surface area contributed by atoms with Gasteiger partial charge in [-0.3, -0.25) is 0 Å². The second kappa shape index (κ2) is 2.25. The van der Waals surface area contributed by atoms with Crippen LogP contribution in [0.25, 0.3) is 0 Å².